The van der Waals surface area contributed by atoms with E-state index in [1.165, 1.54) is 37.5 Å². The van der Waals surface area contributed by atoms with Gasteiger partial charge < -0.3 is 4.57 Å². The minimum atomic E-state index is -1.25. The highest BCUT2D eigenvalue weighted by Gasteiger charge is 2.33. The van der Waals surface area contributed by atoms with Crippen LogP contribution in [0.2, 0.25) is 10.0 Å². The summed E-state index contributed by atoms with van der Waals surface area (Å²) in [5.41, 5.74) is 4.42. The van der Waals surface area contributed by atoms with E-state index in [4.69, 9.17) is 28.5 Å². The maximum atomic E-state index is 12.7. The van der Waals surface area contributed by atoms with E-state index in [2.05, 4.69) is 15.8 Å². The molecule has 35 heavy (non-hydrogen) atoms. The summed E-state index contributed by atoms with van der Waals surface area (Å²) < 4.78 is 3.32. The van der Waals surface area contributed by atoms with Crippen molar-refractivity contribution in [1.82, 2.24) is 25.1 Å². The van der Waals surface area contributed by atoms with E-state index in [-0.39, 0.29) is 21.3 Å². The molecule has 1 aliphatic heterocycles. The SMILES string of the molecule is N#CC1NN(c2cc(Cl)c(-n3ncc4c3ccc(=O)n4CC3CCCCC3)c(Cl)c2)C(=O)NC1=O. The largest absolute Gasteiger partial charge is 0.343 e. The van der Waals surface area contributed by atoms with E-state index in [0.29, 0.717) is 29.2 Å². The molecule has 10 nitrogen and oxygen atoms in total. The fourth-order valence-electron chi connectivity index (χ4n) is 4.71. The molecule has 2 aromatic heterocycles. The van der Waals surface area contributed by atoms with E-state index in [0.717, 1.165) is 17.9 Å². The number of benzene rings is 1. The molecular weight excluding hydrogens is 493 g/mol. The van der Waals surface area contributed by atoms with Crippen LogP contribution in [-0.4, -0.2) is 32.3 Å². The average molecular weight is 514 g/mol. The number of fused-ring (bicyclic) bond motifs is 1. The number of nitrogens with zero attached hydrogens (tertiary/aromatic N) is 5. The van der Waals surface area contributed by atoms with Gasteiger partial charge in [-0.05, 0) is 37.0 Å². The molecule has 180 valence electrons. The van der Waals surface area contributed by atoms with Gasteiger partial charge >= 0.3 is 6.03 Å². The average Bonchev–Trinajstić information content (AvgIpc) is 3.25. The van der Waals surface area contributed by atoms with E-state index in [1.807, 2.05) is 0 Å². The molecule has 1 atom stereocenters. The van der Waals surface area contributed by atoms with Crippen molar-refractivity contribution < 1.29 is 9.59 Å². The molecule has 2 fully saturated rings. The summed E-state index contributed by atoms with van der Waals surface area (Å²) in [7, 11) is 0. The summed E-state index contributed by atoms with van der Waals surface area (Å²) in [6, 6.07) is 5.91. The molecule has 1 saturated heterocycles. The van der Waals surface area contributed by atoms with Crippen molar-refractivity contribution in [3.05, 3.63) is 50.9 Å². The fourth-order valence-corrected chi connectivity index (χ4v) is 5.34. The number of hydrazine groups is 1. The Morgan fingerprint density at radius 3 is 2.46 bits per heavy atom. The maximum Gasteiger partial charge on any atom is 0.343 e. The van der Waals surface area contributed by atoms with Crippen molar-refractivity contribution in [3.63, 3.8) is 0 Å². The number of imide groups is 1. The second-order valence-corrected chi connectivity index (χ2v) is 9.51. The number of anilines is 1. The van der Waals surface area contributed by atoms with Crippen LogP contribution in [0.5, 0.6) is 0 Å². The molecule has 3 amide bonds. The van der Waals surface area contributed by atoms with Crippen LogP contribution >= 0.6 is 23.2 Å². The number of halogens is 2. The Kier molecular flexibility index (Phi) is 6.23. The van der Waals surface area contributed by atoms with Gasteiger partial charge in [-0.25, -0.2) is 14.5 Å². The summed E-state index contributed by atoms with van der Waals surface area (Å²) in [6.07, 6.45) is 7.43. The zero-order valence-electron chi connectivity index (χ0n) is 18.5. The lowest BCUT2D eigenvalue weighted by Gasteiger charge is -2.30. The molecule has 0 radical (unpaired) electrons. The Morgan fingerprint density at radius 2 is 1.77 bits per heavy atom. The predicted octanol–water partition coefficient (Wildman–Crippen LogP) is 3.53. The van der Waals surface area contributed by atoms with Crippen LogP contribution < -0.4 is 21.3 Å². The lowest BCUT2D eigenvalue weighted by molar-refractivity contribution is -0.121. The molecule has 1 saturated carbocycles. The zero-order chi connectivity index (χ0) is 24.7. The van der Waals surface area contributed by atoms with Crippen LogP contribution in [0.25, 0.3) is 16.7 Å². The van der Waals surface area contributed by atoms with Gasteiger partial charge in [-0.15, -0.1) is 0 Å². The van der Waals surface area contributed by atoms with Gasteiger partial charge in [0.25, 0.3) is 11.5 Å². The Labute approximate surface area is 210 Å². The quantitative estimate of drug-likeness (QED) is 0.549. The number of carbonyl (C=O) groups excluding carboxylic acids is 2. The number of urea groups is 1. The first-order valence-electron chi connectivity index (χ1n) is 11.2. The number of carbonyl (C=O) groups is 2. The molecule has 0 spiro atoms. The molecule has 2 N–H and O–H groups in total. The number of aromatic nitrogens is 3. The molecule has 12 heteroatoms. The molecule has 5 rings (SSSR count). The number of rotatable bonds is 4. The number of amides is 3. The third-order valence-corrected chi connectivity index (χ3v) is 7.02. The van der Waals surface area contributed by atoms with Crippen molar-refractivity contribution in [2.45, 2.75) is 44.7 Å². The van der Waals surface area contributed by atoms with E-state index in [9.17, 15) is 14.4 Å². The van der Waals surface area contributed by atoms with Crippen LogP contribution in [0.1, 0.15) is 32.1 Å². The van der Waals surface area contributed by atoms with Crippen molar-refractivity contribution in [2.24, 2.45) is 5.92 Å². The Morgan fingerprint density at radius 1 is 1.06 bits per heavy atom. The van der Waals surface area contributed by atoms with Gasteiger partial charge in [0.05, 0.1) is 39.0 Å². The first kappa shape index (κ1) is 23.4. The summed E-state index contributed by atoms with van der Waals surface area (Å²) >= 11 is 13.2. The summed E-state index contributed by atoms with van der Waals surface area (Å²) in [5, 5.41) is 17.1. The second kappa shape index (κ2) is 9.34. The van der Waals surface area contributed by atoms with Crippen molar-refractivity contribution >= 4 is 51.9 Å². The third kappa shape index (κ3) is 4.27. The van der Waals surface area contributed by atoms with Gasteiger partial charge in [0, 0.05) is 12.6 Å². The predicted molar refractivity (Wildman–Crippen MR) is 130 cm³/mol. The monoisotopic (exact) mass is 513 g/mol. The fraction of sp³-hybridized carbons (Fsp3) is 0.348. The molecule has 0 bridgehead atoms. The summed E-state index contributed by atoms with van der Waals surface area (Å²) in [4.78, 5) is 36.7. The van der Waals surface area contributed by atoms with Crippen molar-refractivity contribution in [2.75, 3.05) is 5.01 Å². The highest BCUT2D eigenvalue weighted by atomic mass is 35.5. The van der Waals surface area contributed by atoms with Gasteiger partial charge in [0.1, 0.15) is 5.69 Å². The number of nitrogens with one attached hydrogen (secondary N) is 2. The minimum absolute atomic E-state index is 0.0843. The molecular formula is C23H21Cl2N7O3. The second-order valence-electron chi connectivity index (χ2n) is 8.69. The van der Waals surface area contributed by atoms with Crippen molar-refractivity contribution in [1.29, 1.82) is 5.26 Å². The molecule has 3 heterocycles. The van der Waals surface area contributed by atoms with Gasteiger partial charge in [-0.1, -0.05) is 42.5 Å². The van der Waals surface area contributed by atoms with E-state index < -0.39 is 18.0 Å². The molecule has 3 aromatic rings. The standard InChI is InChI=1S/C23H21Cl2N7O3/c24-15-8-14(31-23(35)28-22(34)17(10-26)29-31)9-16(25)21(15)32-18-6-7-20(33)30(19(18)11-27-32)12-13-4-2-1-3-5-13/h6-9,11,13,17,29H,1-5,12H2,(H,28,34,35). The normalized spacial score (nSPS) is 19.1. The van der Waals surface area contributed by atoms with E-state index >= 15 is 0 Å². The van der Waals surface area contributed by atoms with Crippen molar-refractivity contribution in [3.8, 4) is 11.8 Å². The number of pyridine rings is 1. The lowest BCUT2D eigenvalue weighted by Crippen LogP contribution is -2.64. The first-order valence-corrected chi connectivity index (χ1v) is 12.0. The van der Waals surface area contributed by atoms with Gasteiger partial charge in [-0.3, -0.25) is 14.9 Å². The summed E-state index contributed by atoms with van der Waals surface area (Å²) in [5.74, 6) is -0.293. The smallest absolute Gasteiger partial charge is 0.305 e. The summed E-state index contributed by atoms with van der Waals surface area (Å²) in [6.45, 7) is 0.636. The van der Waals surface area contributed by atoms with E-state index in [1.54, 1.807) is 27.6 Å². The van der Waals surface area contributed by atoms with Crippen LogP contribution in [0.4, 0.5) is 10.5 Å². The zero-order valence-corrected chi connectivity index (χ0v) is 20.0. The van der Waals surface area contributed by atoms with Crippen LogP contribution in [-0.2, 0) is 11.3 Å². The molecule has 1 aliphatic carbocycles. The first-order chi connectivity index (χ1) is 16.9. The third-order valence-electron chi connectivity index (χ3n) is 6.45. The Balaban J connectivity index is 1.52. The molecule has 1 unspecified atom stereocenters. The van der Waals surface area contributed by atoms with Gasteiger partial charge in [0.15, 0.2) is 6.04 Å². The van der Waals surface area contributed by atoms with Crippen LogP contribution in [0.15, 0.2) is 35.3 Å². The van der Waals surface area contributed by atoms with Crippen LogP contribution in [0, 0.1) is 17.2 Å². The molecule has 1 aromatic carbocycles. The number of hydrogen-bond donors (Lipinski definition) is 2. The molecule has 2 aliphatic rings. The topological polar surface area (TPSA) is 125 Å². The van der Waals surface area contributed by atoms with Gasteiger partial charge in [-0.2, -0.15) is 15.8 Å². The highest BCUT2D eigenvalue weighted by Crippen LogP contribution is 2.35. The van der Waals surface area contributed by atoms with Gasteiger partial charge in [0.2, 0.25) is 0 Å². The van der Waals surface area contributed by atoms with Crippen LogP contribution in [0.3, 0.4) is 0 Å². The Bertz CT molecular complexity index is 1410. The minimum Gasteiger partial charge on any atom is -0.305 e. The highest BCUT2D eigenvalue weighted by molar-refractivity contribution is 6.38. The Hall–Kier alpha value is -3.39. The maximum absolute atomic E-state index is 12.7. The lowest BCUT2D eigenvalue weighted by atomic mass is 9.89. The number of hydrogen-bond acceptors (Lipinski definition) is 6. The number of nitriles is 1.